The Kier molecular flexibility index (Phi) is 4.33. The summed E-state index contributed by atoms with van der Waals surface area (Å²) in [6.45, 7) is 8.61. The van der Waals surface area contributed by atoms with Crippen molar-refractivity contribution in [3.8, 4) is 5.75 Å². The fourth-order valence-corrected chi connectivity index (χ4v) is 4.44. The highest BCUT2D eigenvalue weighted by Gasteiger charge is 2.35. The van der Waals surface area contributed by atoms with Crippen molar-refractivity contribution >= 4 is 10.0 Å². The van der Waals surface area contributed by atoms with Gasteiger partial charge in [0.05, 0.1) is 24.2 Å². The molecule has 1 aliphatic rings. The van der Waals surface area contributed by atoms with Crippen LogP contribution in [0.1, 0.15) is 25.0 Å². The summed E-state index contributed by atoms with van der Waals surface area (Å²) >= 11 is 0. The lowest BCUT2D eigenvalue weighted by Crippen LogP contribution is -2.50. The molecule has 0 amide bonds. The summed E-state index contributed by atoms with van der Waals surface area (Å²) in [7, 11) is -1.93. The molecular weight excluding hydrogens is 290 g/mol. The van der Waals surface area contributed by atoms with Crippen molar-refractivity contribution in [2.24, 2.45) is 0 Å². The predicted molar refractivity (Wildman–Crippen MR) is 81.3 cm³/mol. The maximum atomic E-state index is 12.9. The lowest BCUT2D eigenvalue weighted by molar-refractivity contribution is -0.0640. The number of rotatable bonds is 3. The van der Waals surface area contributed by atoms with Gasteiger partial charge in [0.15, 0.2) is 0 Å². The minimum atomic E-state index is -3.51. The molecular formula is C15H23NO4S. The molecule has 1 saturated heterocycles. The van der Waals surface area contributed by atoms with Crippen LogP contribution in [0, 0.1) is 13.8 Å². The van der Waals surface area contributed by atoms with Crippen LogP contribution in [-0.4, -0.2) is 45.1 Å². The molecule has 21 heavy (non-hydrogen) atoms. The van der Waals surface area contributed by atoms with E-state index in [1.54, 1.807) is 26.2 Å². The van der Waals surface area contributed by atoms with Gasteiger partial charge >= 0.3 is 0 Å². The fraction of sp³-hybridized carbons (Fsp3) is 0.600. The van der Waals surface area contributed by atoms with Crippen LogP contribution in [0.2, 0.25) is 0 Å². The van der Waals surface area contributed by atoms with E-state index in [4.69, 9.17) is 9.47 Å². The number of sulfonamides is 1. The number of hydrogen-bond acceptors (Lipinski definition) is 4. The Balaban J connectivity index is 2.42. The zero-order valence-corrected chi connectivity index (χ0v) is 14.1. The third-order valence-corrected chi connectivity index (χ3v) is 5.69. The number of hydrogen-bond donors (Lipinski definition) is 0. The monoisotopic (exact) mass is 313 g/mol. The first-order chi connectivity index (χ1) is 9.67. The molecule has 0 spiro atoms. The normalized spacial score (nSPS) is 19.5. The maximum absolute atomic E-state index is 12.9. The third kappa shape index (κ3) is 3.22. The van der Waals surface area contributed by atoms with Crippen molar-refractivity contribution in [1.29, 1.82) is 0 Å². The van der Waals surface area contributed by atoms with Gasteiger partial charge in [-0.3, -0.25) is 0 Å². The van der Waals surface area contributed by atoms with Gasteiger partial charge in [0, 0.05) is 13.1 Å². The highest BCUT2D eigenvalue weighted by molar-refractivity contribution is 7.89. The molecule has 0 saturated carbocycles. The van der Waals surface area contributed by atoms with E-state index in [0.717, 1.165) is 5.56 Å². The summed E-state index contributed by atoms with van der Waals surface area (Å²) in [5.41, 5.74) is 1.05. The Bertz CT molecular complexity index is 637. The summed E-state index contributed by atoms with van der Waals surface area (Å²) < 4.78 is 38.1. The topological polar surface area (TPSA) is 55.8 Å². The number of morpholine rings is 1. The quantitative estimate of drug-likeness (QED) is 0.857. The summed E-state index contributed by atoms with van der Waals surface area (Å²) in [6, 6.07) is 3.46. The number of benzene rings is 1. The highest BCUT2D eigenvalue weighted by atomic mass is 32.2. The van der Waals surface area contributed by atoms with Crippen molar-refractivity contribution in [2.75, 3.05) is 26.8 Å². The van der Waals surface area contributed by atoms with E-state index in [1.807, 2.05) is 20.8 Å². The average Bonchev–Trinajstić information content (AvgIpc) is 2.39. The Morgan fingerprint density at radius 2 is 1.90 bits per heavy atom. The molecule has 0 N–H and O–H groups in total. The molecule has 1 fully saturated rings. The number of nitrogens with zero attached hydrogens (tertiary/aromatic N) is 1. The van der Waals surface area contributed by atoms with Gasteiger partial charge in [-0.2, -0.15) is 4.31 Å². The van der Waals surface area contributed by atoms with Crippen molar-refractivity contribution < 1.29 is 17.9 Å². The minimum absolute atomic E-state index is 0.346. The lowest BCUT2D eigenvalue weighted by Gasteiger charge is -2.37. The van der Waals surface area contributed by atoms with Crippen LogP contribution in [0.5, 0.6) is 5.75 Å². The first kappa shape index (κ1) is 16.3. The largest absolute Gasteiger partial charge is 0.496 e. The van der Waals surface area contributed by atoms with E-state index in [0.29, 0.717) is 35.9 Å². The smallest absolute Gasteiger partial charge is 0.243 e. The molecule has 1 aromatic carbocycles. The van der Waals surface area contributed by atoms with E-state index < -0.39 is 15.6 Å². The van der Waals surface area contributed by atoms with E-state index in [-0.39, 0.29) is 0 Å². The van der Waals surface area contributed by atoms with Gasteiger partial charge in [-0.1, -0.05) is 0 Å². The predicted octanol–water partition coefficient (Wildman–Crippen LogP) is 2.11. The average molecular weight is 313 g/mol. The van der Waals surface area contributed by atoms with Crippen LogP contribution >= 0.6 is 0 Å². The summed E-state index contributed by atoms with van der Waals surface area (Å²) in [5, 5.41) is 0. The Labute approximate surface area is 126 Å². The Hall–Kier alpha value is -1.11. The van der Waals surface area contributed by atoms with Gasteiger partial charge in [-0.25, -0.2) is 8.42 Å². The second-order valence-corrected chi connectivity index (χ2v) is 7.94. The SMILES string of the molecule is COc1cc(C)c(S(=O)(=O)N2CCOC(C)(C)C2)cc1C. The zero-order valence-electron chi connectivity index (χ0n) is 13.3. The van der Waals surface area contributed by atoms with Gasteiger partial charge in [0.1, 0.15) is 5.75 Å². The van der Waals surface area contributed by atoms with E-state index in [1.165, 1.54) is 4.31 Å². The van der Waals surface area contributed by atoms with Gasteiger partial charge in [0.2, 0.25) is 10.0 Å². The molecule has 1 aromatic rings. The number of methoxy groups -OCH3 is 1. The van der Waals surface area contributed by atoms with Crippen molar-refractivity contribution in [1.82, 2.24) is 4.31 Å². The van der Waals surface area contributed by atoms with Crippen LogP contribution in [0.4, 0.5) is 0 Å². The maximum Gasteiger partial charge on any atom is 0.243 e. The van der Waals surface area contributed by atoms with E-state index >= 15 is 0 Å². The first-order valence-electron chi connectivity index (χ1n) is 6.97. The van der Waals surface area contributed by atoms with Crippen LogP contribution in [0.15, 0.2) is 17.0 Å². The van der Waals surface area contributed by atoms with Crippen LogP contribution in [0.3, 0.4) is 0 Å². The number of ether oxygens (including phenoxy) is 2. The van der Waals surface area contributed by atoms with Gasteiger partial charge in [0.25, 0.3) is 0 Å². The molecule has 2 rings (SSSR count). The highest BCUT2D eigenvalue weighted by Crippen LogP contribution is 2.29. The molecule has 6 heteroatoms. The van der Waals surface area contributed by atoms with Crippen LogP contribution in [-0.2, 0) is 14.8 Å². The van der Waals surface area contributed by atoms with Crippen molar-refractivity contribution in [2.45, 2.75) is 38.2 Å². The van der Waals surface area contributed by atoms with E-state index in [2.05, 4.69) is 0 Å². The Morgan fingerprint density at radius 3 is 2.48 bits per heavy atom. The molecule has 0 atom stereocenters. The standard InChI is InChI=1S/C15H23NO4S/c1-11-9-14(12(2)8-13(11)19-5)21(17,18)16-6-7-20-15(3,4)10-16/h8-9H,6-7,10H2,1-5H3. The fourth-order valence-electron chi connectivity index (χ4n) is 2.58. The molecule has 5 nitrogen and oxygen atoms in total. The second kappa shape index (κ2) is 5.59. The molecule has 0 aromatic heterocycles. The third-order valence-electron chi connectivity index (χ3n) is 3.70. The summed E-state index contributed by atoms with van der Waals surface area (Å²) in [6.07, 6.45) is 0. The van der Waals surface area contributed by atoms with Gasteiger partial charge in [-0.05, 0) is 51.0 Å². The van der Waals surface area contributed by atoms with Crippen LogP contribution in [0.25, 0.3) is 0 Å². The van der Waals surface area contributed by atoms with Gasteiger partial charge in [-0.15, -0.1) is 0 Å². The molecule has 0 unspecified atom stereocenters. The molecule has 0 radical (unpaired) electrons. The molecule has 1 heterocycles. The zero-order chi connectivity index (χ0) is 15.8. The minimum Gasteiger partial charge on any atom is -0.496 e. The first-order valence-corrected chi connectivity index (χ1v) is 8.41. The molecule has 1 aliphatic heterocycles. The summed E-state index contributed by atoms with van der Waals surface area (Å²) in [4.78, 5) is 0.346. The second-order valence-electron chi connectivity index (χ2n) is 6.03. The van der Waals surface area contributed by atoms with Crippen molar-refractivity contribution in [3.63, 3.8) is 0 Å². The molecule has 118 valence electrons. The molecule has 0 aliphatic carbocycles. The van der Waals surface area contributed by atoms with Crippen molar-refractivity contribution in [3.05, 3.63) is 23.3 Å². The number of aryl methyl sites for hydroxylation is 2. The van der Waals surface area contributed by atoms with E-state index in [9.17, 15) is 8.42 Å². The Morgan fingerprint density at radius 1 is 1.24 bits per heavy atom. The van der Waals surface area contributed by atoms with Crippen LogP contribution < -0.4 is 4.74 Å². The summed E-state index contributed by atoms with van der Waals surface area (Å²) in [5.74, 6) is 0.703. The molecule has 0 bridgehead atoms. The lowest BCUT2D eigenvalue weighted by atomic mass is 10.1. The van der Waals surface area contributed by atoms with Gasteiger partial charge < -0.3 is 9.47 Å².